The zero-order valence-corrected chi connectivity index (χ0v) is 7.83. The standard InChI is InChI=1S/C9H12FN.ClH/c1-7-8(5-6-11)3-2-4-9(7)10;/h2-4H,5-6,11H2,1H3;1H. The van der Waals surface area contributed by atoms with Gasteiger partial charge in [0, 0.05) is 0 Å². The van der Waals surface area contributed by atoms with Gasteiger partial charge in [-0.2, -0.15) is 0 Å². The largest absolute Gasteiger partial charge is 0.330 e. The van der Waals surface area contributed by atoms with Crippen LogP contribution in [0, 0.1) is 12.7 Å². The molecule has 0 radical (unpaired) electrons. The molecule has 1 nitrogen and oxygen atoms in total. The summed E-state index contributed by atoms with van der Waals surface area (Å²) in [5.74, 6) is -0.143. The van der Waals surface area contributed by atoms with Crippen LogP contribution in [0.4, 0.5) is 4.39 Å². The lowest BCUT2D eigenvalue weighted by molar-refractivity contribution is 0.615. The Labute approximate surface area is 78.2 Å². The second-order valence-corrected chi connectivity index (χ2v) is 2.56. The summed E-state index contributed by atoms with van der Waals surface area (Å²) in [5.41, 5.74) is 7.08. The van der Waals surface area contributed by atoms with Crippen molar-refractivity contribution in [1.82, 2.24) is 0 Å². The van der Waals surface area contributed by atoms with E-state index in [0.29, 0.717) is 6.54 Å². The van der Waals surface area contributed by atoms with Gasteiger partial charge >= 0.3 is 0 Å². The minimum Gasteiger partial charge on any atom is -0.330 e. The van der Waals surface area contributed by atoms with E-state index < -0.39 is 0 Å². The fraction of sp³-hybridized carbons (Fsp3) is 0.333. The van der Waals surface area contributed by atoms with Gasteiger partial charge < -0.3 is 5.73 Å². The number of hydrogen-bond donors (Lipinski definition) is 1. The maximum atomic E-state index is 12.9. The van der Waals surface area contributed by atoms with Crippen LogP contribution < -0.4 is 5.73 Å². The first kappa shape index (κ1) is 11.4. The Bertz CT molecular complexity index is 250. The highest BCUT2D eigenvalue weighted by Crippen LogP contribution is 2.11. The van der Waals surface area contributed by atoms with Gasteiger partial charge in [0.1, 0.15) is 5.82 Å². The highest BCUT2D eigenvalue weighted by Gasteiger charge is 2.00. The molecule has 0 aliphatic rings. The first-order valence-corrected chi connectivity index (χ1v) is 3.69. The summed E-state index contributed by atoms with van der Waals surface area (Å²) in [6, 6.07) is 5.09. The first-order valence-electron chi connectivity index (χ1n) is 3.69. The molecule has 0 saturated carbocycles. The molecule has 1 aromatic carbocycles. The van der Waals surface area contributed by atoms with Crippen LogP contribution in [0.1, 0.15) is 11.1 Å². The van der Waals surface area contributed by atoms with Crippen LogP contribution in [0.2, 0.25) is 0 Å². The van der Waals surface area contributed by atoms with E-state index in [9.17, 15) is 4.39 Å². The third-order valence-corrected chi connectivity index (χ3v) is 1.79. The Morgan fingerprint density at radius 1 is 1.42 bits per heavy atom. The molecule has 1 aromatic rings. The van der Waals surface area contributed by atoms with E-state index >= 15 is 0 Å². The van der Waals surface area contributed by atoms with Gasteiger partial charge in [0.05, 0.1) is 0 Å². The van der Waals surface area contributed by atoms with E-state index in [4.69, 9.17) is 5.73 Å². The second-order valence-electron chi connectivity index (χ2n) is 2.56. The predicted molar refractivity (Wildman–Crippen MR) is 51.1 cm³/mol. The lowest BCUT2D eigenvalue weighted by Crippen LogP contribution is -2.04. The molecular weight excluding hydrogens is 177 g/mol. The normalized spacial score (nSPS) is 9.25. The molecule has 0 aromatic heterocycles. The quantitative estimate of drug-likeness (QED) is 0.758. The summed E-state index contributed by atoms with van der Waals surface area (Å²) in [6.07, 6.45) is 0.754. The van der Waals surface area contributed by atoms with Gasteiger partial charge in [0.2, 0.25) is 0 Å². The van der Waals surface area contributed by atoms with Crippen molar-refractivity contribution in [3.8, 4) is 0 Å². The average molecular weight is 190 g/mol. The van der Waals surface area contributed by atoms with Crippen LogP contribution in [0.15, 0.2) is 18.2 Å². The molecule has 0 aliphatic heterocycles. The predicted octanol–water partition coefficient (Wildman–Crippen LogP) is 2.06. The van der Waals surface area contributed by atoms with E-state index in [1.54, 1.807) is 13.0 Å². The molecule has 1 rings (SSSR count). The van der Waals surface area contributed by atoms with Gasteiger partial charge in [0.25, 0.3) is 0 Å². The molecule has 3 heteroatoms. The maximum Gasteiger partial charge on any atom is 0.126 e. The van der Waals surface area contributed by atoms with Gasteiger partial charge in [-0.25, -0.2) is 4.39 Å². The van der Waals surface area contributed by atoms with E-state index in [1.807, 2.05) is 6.07 Å². The number of benzene rings is 1. The van der Waals surface area contributed by atoms with Gasteiger partial charge in [-0.15, -0.1) is 12.4 Å². The monoisotopic (exact) mass is 189 g/mol. The molecule has 0 aliphatic carbocycles. The Morgan fingerprint density at radius 3 is 2.67 bits per heavy atom. The molecule has 68 valence electrons. The lowest BCUT2D eigenvalue weighted by atomic mass is 10.1. The van der Waals surface area contributed by atoms with E-state index in [0.717, 1.165) is 17.5 Å². The Hall–Kier alpha value is -0.600. The molecule has 0 fully saturated rings. The van der Waals surface area contributed by atoms with Crippen molar-refractivity contribution in [2.24, 2.45) is 5.73 Å². The van der Waals surface area contributed by atoms with Crippen LogP contribution in [-0.2, 0) is 6.42 Å². The SMILES string of the molecule is Cc1c(F)cccc1CCN.Cl. The van der Waals surface area contributed by atoms with Crippen LogP contribution in [0.25, 0.3) is 0 Å². The summed E-state index contributed by atoms with van der Waals surface area (Å²) in [7, 11) is 0. The van der Waals surface area contributed by atoms with Crippen LogP contribution in [0.5, 0.6) is 0 Å². The number of halogens is 2. The summed E-state index contributed by atoms with van der Waals surface area (Å²) in [6.45, 7) is 2.35. The van der Waals surface area contributed by atoms with E-state index in [1.165, 1.54) is 6.07 Å². The Balaban J connectivity index is 0.00000121. The van der Waals surface area contributed by atoms with Gasteiger partial charge in [0.15, 0.2) is 0 Å². The molecule has 12 heavy (non-hydrogen) atoms. The van der Waals surface area contributed by atoms with Crippen molar-refractivity contribution >= 4 is 12.4 Å². The van der Waals surface area contributed by atoms with Crippen molar-refractivity contribution in [2.75, 3.05) is 6.54 Å². The van der Waals surface area contributed by atoms with Crippen molar-refractivity contribution in [1.29, 1.82) is 0 Å². The second kappa shape index (κ2) is 5.12. The molecule has 0 bridgehead atoms. The fourth-order valence-electron chi connectivity index (χ4n) is 1.08. The maximum absolute atomic E-state index is 12.9. The number of rotatable bonds is 2. The zero-order valence-electron chi connectivity index (χ0n) is 7.01. The van der Waals surface area contributed by atoms with Crippen molar-refractivity contribution < 1.29 is 4.39 Å². The number of nitrogens with two attached hydrogens (primary N) is 1. The zero-order chi connectivity index (χ0) is 8.27. The minimum atomic E-state index is -0.143. The van der Waals surface area contributed by atoms with Crippen LogP contribution in [0.3, 0.4) is 0 Å². The molecule has 0 atom stereocenters. The lowest BCUT2D eigenvalue weighted by Gasteiger charge is -2.03. The van der Waals surface area contributed by atoms with Gasteiger partial charge in [-0.3, -0.25) is 0 Å². The summed E-state index contributed by atoms with van der Waals surface area (Å²) < 4.78 is 12.9. The van der Waals surface area contributed by atoms with Crippen molar-refractivity contribution in [3.05, 3.63) is 35.1 Å². The van der Waals surface area contributed by atoms with Gasteiger partial charge in [-0.05, 0) is 37.1 Å². The fourth-order valence-corrected chi connectivity index (χ4v) is 1.08. The molecule has 0 unspecified atom stereocenters. The third kappa shape index (κ3) is 2.47. The molecule has 0 heterocycles. The summed E-state index contributed by atoms with van der Waals surface area (Å²) >= 11 is 0. The molecule has 0 amide bonds. The molecule has 0 saturated heterocycles. The Morgan fingerprint density at radius 2 is 2.08 bits per heavy atom. The molecule has 0 spiro atoms. The summed E-state index contributed by atoms with van der Waals surface area (Å²) in [4.78, 5) is 0. The highest BCUT2D eigenvalue weighted by atomic mass is 35.5. The van der Waals surface area contributed by atoms with Crippen molar-refractivity contribution in [3.63, 3.8) is 0 Å². The topological polar surface area (TPSA) is 26.0 Å². The molecular formula is C9H13ClFN. The van der Waals surface area contributed by atoms with Crippen molar-refractivity contribution in [2.45, 2.75) is 13.3 Å². The first-order chi connectivity index (χ1) is 5.25. The minimum absolute atomic E-state index is 0. The third-order valence-electron chi connectivity index (χ3n) is 1.79. The number of hydrogen-bond acceptors (Lipinski definition) is 1. The molecule has 2 N–H and O–H groups in total. The van der Waals surface area contributed by atoms with Crippen LogP contribution >= 0.6 is 12.4 Å². The average Bonchev–Trinajstić information content (AvgIpc) is 1.99. The Kier molecular flexibility index (Phi) is 4.86. The smallest absolute Gasteiger partial charge is 0.126 e. The van der Waals surface area contributed by atoms with Crippen LogP contribution in [-0.4, -0.2) is 6.54 Å². The van der Waals surface area contributed by atoms with E-state index in [2.05, 4.69) is 0 Å². The van der Waals surface area contributed by atoms with E-state index in [-0.39, 0.29) is 18.2 Å². The summed E-state index contributed by atoms with van der Waals surface area (Å²) in [5, 5.41) is 0. The highest BCUT2D eigenvalue weighted by molar-refractivity contribution is 5.85. The van der Waals surface area contributed by atoms with Gasteiger partial charge in [-0.1, -0.05) is 12.1 Å².